The normalized spacial score (nSPS) is 10.4. The first-order valence-corrected chi connectivity index (χ1v) is 10.8. The lowest BCUT2D eigenvalue weighted by atomic mass is 10.2. The molecule has 0 aliphatic heterocycles. The molecule has 2 N–H and O–H groups in total. The van der Waals surface area contributed by atoms with E-state index in [-0.39, 0.29) is 12.5 Å². The highest BCUT2D eigenvalue weighted by Crippen LogP contribution is 2.18. The Bertz CT molecular complexity index is 927. The van der Waals surface area contributed by atoms with Crippen molar-refractivity contribution >= 4 is 17.3 Å². The smallest absolute Gasteiger partial charge is 0.243 e. The summed E-state index contributed by atoms with van der Waals surface area (Å²) in [5.74, 6) is 1.48. The van der Waals surface area contributed by atoms with E-state index < -0.39 is 0 Å². The van der Waals surface area contributed by atoms with E-state index in [1.54, 1.807) is 0 Å². The van der Waals surface area contributed by atoms with E-state index in [1.165, 1.54) is 5.56 Å². The van der Waals surface area contributed by atoms with Gasteiger partial charge < -0.3 is 20.1 Å². The Labute approximate surface area is 184 Å². The fourth-order valence-electron chi connectivity index (χ4n) is 2.98. The van der Waals surface area contributed by atoms with Crippen molar-refractivity contribution in [1.29, 1.82) is 0 Å². The molecule has 0 aliphatic rings. The van der Waals surface area contributed by atoms with E-state index in [2.05, 4.69) is 29.7 Å². The van der Waals surface area contributed by atoms with Gasteiger partial charge in [0.05, 0.1) is 19.8 Å². The van der Waals surface area contributed by atoms with Crippen LogP contribution in [0.15, 0.2) is 78.9 Å². The Morgan fingerprint density at radius 1 is 0.806 bits per heavy atom. The molecule has 3 aromatic carbocycles. The van der Waals surface area contributed by atoms with E-state index >= 15 is 0 Å². The van der Waals surface area contributed by atoms with Crippen molar-refractivity contribution in [3.8, 4) is 11.5 Å². The van der Waals surface area contributed by atoms with Crippen LogP contribution in [0.25, 0.3) is 0 Å². The number of amides is 1. The summed E-state index contributed by atoms with van der Waals surface area (Å²) in [7, 11) is 0. The maximum atomic E-state index is 12.3. The summed E-state index contributed by atoms with van der Waals surface area (Å²) in [6.07, 6.45) is 2.98. The first kappa shape index (κ1) is 22.2. The average molecular weight is 419 g/mol. The number of carbonyl (C=O) groups is 1. The van der Waals surface area contributed by atoms with E-state index in [0.717, 1.165) is 42.1 Å². The van der Waals surface area contributed by atoms with Crippen LogP contribution in [-0.2, 0) is 11.2 Å². The van der Waals surface area contributed by atoms with Crippen LogP contribution >= 0.6 is 0 Å². The van der Waals surface area contributed by atoms with Gasteiger partial charge in [-0.15, -0.1) is 0 Å². The van der Waals surface area contributed by atoms with Crippen molar-refractivity contribution in [2.75, 3.05) is 30.4 Å². The van der Waals surface area contributed by atoms with Gasteiger partial charge >= 0.3 is 0 Å². The number of hydrogen-bond acceptors (Lipinski definition) is 4. The minimum Gasteiger partial charge on any atom is -0.494 e. The number of benzene rings is 3. The Balaban J connectivity index is 1.41. The molecule has 3 rings (SSSR count). The molecule has 31 heavy (non-hydrogen) atoms. The molecule has 0 spiro atoms. The number of ether oxygens (including phenoxy) is 2. The number of unbranched alkanes of at least 4 members (excludes halogenated alkanes) is 1. The Kier molecular flexibility index (Phi) is 8.80. The van der Waals surface area contributed by atoms with E-state index in [1.807, 2.05) is 66.7 Å². The van der Waals surface area contributed by atoms with Crippen LogP contribution in [0.4, 0.5) is 11.4 Å². The molecule has 0 fully saturated rings. The van der Waals surface area contributed by atoms with Gasteiger partial charge in [-0.3, -0.25) is 4.79 Å². The van der Waals surface area contributed by atoms with Gasteiger partial charge in [0.15, 0.2) is 0 Å². The largest absolute Gasteiger partial charge is 0.494 e. The number of rotatable bonds is 12. The first-order valence-electron chi connectivity index (χ1n) is 10.8. The van der Waals surface area contributed by atoms with E-state index in [9.17, 15) is 4.79 Å². The highest BCUT2D eigenvalue weighted by Gasteiger charge is 2.04. The standard InChI is InChI=1S/C26H30N2O3/c1-2-3-17-30-24-14-12-22(13-15-24)28-26(29)20-27-23-10-7-11-25(19-23)31-18-16-21-8-5-4-6-9-21/h4-15,19,27H,2-3,16-18,20H2,1H3,(H,28,29). The molecule has 5 heteroatoms. The molecule has 0 aromatic heterocycles. The summed E-state index contributed by atoms with van der Waals surface area (Å²) >= 11 is 0. The SMILES string of the molecule is CCCCOc1ccc(NC(=O)CNc2cccc(OCCc3ccccc3)c2)cc1. The average Bonchev–Trinajstić information content (AvgIpc) is 2.80. The van der Waals surface area contributed by atoms with Gasteiger partial charge in [-0.25, -0.2) is 0 Å². The fourth-order valence-corrected chi connectivity index (χ4v) is 2.98. The lowest BCUT2D eigenvalue weighted by Crippen LogP contribution is -2.21. The summed E-state index contributed by atoms with van der Waals surface area (Å²) in [6.45, 7) is 3.61. The predicted molar refractivity (Wildman–Crippen MR) is 126 cm³/mol. The lowest BCUT2D eigenvalue weighted by molar-refractivity contribution is -0.114. The third-order valence-electron chi connectivity index (χ3n) is 4.69. The molecule has 0 aliphatic carbocycles. The molecule has 0 saturated heterocycles. The molecule has 0 bridgehead atoms. The minimum atomic E-state index is -0.116. The summed E-state index contributed by atoms with van der Waals surface area (Å²) in [4.78, 5) is 12.3. The summed E-state index contributed by atoms with van der Waals surface area (Å²) < 4.78 is 11.5. The molecule has 0 atom stereocenters. The van der Waals surface area contributed by atoms with Gasteiger partial charge in [0.2, 0.25) is 5.91 Å². The van der Waals surface area contributed by atoms with Crippen molar-refractivity contribution in [2.24, 2.45) is 0 Å². The number of anilines is 2. The lowest BCUT2D eigenvalue weighted by Gasteiger charge is -2.11. The van der Waals surface area contributed by atoms with Crippen LogP contribution in [0, 0.1) is 0 Å². The zero-order valence-corrected chi connectivity index (χ0v) is 18.0. The highest BCUT2D eigenvalue weighted by atomic mass is 16.5. The van der Waals surface area contributed by atoms with E-state index in [0.29, 0.717) is 13.2 Å². The fraction of sp³-hybridized carbons (Fsp3) is 0.269. The van der Waals surface area contributed by atoms with Crippen LogP contribution in [0.1, 0.15) is 25.3 Å². The second-order valence-corrected chi connectivity index (χ2v) is 7.24. The maximum Gasteiger partial charge on any atom is 0.243 e. The Morgan fingerprint density at radius 2 is 1.58 bits per heavy atom. The highest BCUT2D eigenvalue weighted by molar-refractivity contribution is 5.93. The van der Waals surface area contributed by atoms with Crippen molar-refractivity contribution in [3.63, 3.8) is 0 Å². The molecular formula is C26H30N2O3. The number of nitrogens with one attached hydrogen (secondary N) is 2. The summed E-state index contributed by atoms with van der Waals surface area (Å²) in [5.41, 5.74) is 2.83. The molecule has 0 saturated carbocycles. The molecule has 0 unspecified atom stereocenters. The van der Waals surface area contributed by atoms with Crippen LogP contribution in [0.2, 0.25) is 0 Å². The zero-order valence-electron chi connectivity index (χ0n) is 18.0. The minimum absolute atomic E-state index is 0.116. The molecule has 1 amide bonds. The quantitative estimate of drug-likeness (QED) is 0.379. The van der Waals surface area contributed by atoms with Crippen molar-refractivity contribution in [1.82, 2.24) is 0 Å². The van der Waals surface area contributed by atoms with Gasteiger partial charge in [0.1, 0.15) is 11.5 Å². The second kappa shape index (κ2) is 12.3. The van der Waals surface area contributed by atoms with Crippen LogP contribution in [0.5, 0.6) is 11.5 Å². The first-order chi connectivity index (χ1) is 15.2. The molecular weight excluding hydrogens is 388 g/mol. The van der Waals surface area contributed by atoms with Crippen molar-refractivity contribution < 1.29 is 14.3 Å². The summed E-state index contributed by atoms with van der Waals surface area (Å²) in [5, 5.41) is 6.03. The van der Waals surface area contributed by atoms with Gasteiger partial charge in [-0.05, 0) is 48.4 Å². The predicted octanol–water partition coefficient (Wildman–Crippen LogP) is 5.54. The molecule has 5 nitrogen and oxygen atoms in total. The molecule has 3 aromatic rings. The zero-order chi connectivity index (χ0) is 21.7. The van der Waals surface area contributed by atoms with Gasteiger partial charge in [-0.1, -0.05) is 49.7 Å². The maximum absolute atomic E-state index is 12.3. The summed E-state index contributed by atoms with van der Waals surface area (Å²) in [6, 6.07) is 25.3. The van der Waals surface area contributed by atoms with Crippen molar-refractivity contribution in [3.05, 3.63) is 84.4 Å². The monoisotopic (exact) mass is 418 g/mol. The van der Waals surface area contributed by atoms with Gasteiger partial charge in [0.25, 0.3) is 0 Å². The van der Waals surface area contributed by atoms with Crippen molar-refractivity contribution in [2.45, 2.75) is 26.2 Å². The van der Waals surface area contributed by atoms with Gasteiger partial charge in [-0.2, -0.15) is 0 Å². The van der Waals surface area contributed by atoms with Crippen LogP contribution < -0.4 is 20.1 Å². The molecule has 0 heterocycles. The third-order valence-corrected chi connectivity index (χ3v) is 4.69. The van der Waals surface area contributed by atoms with Crippen LogP contribution in [0.3, 0.4) is 0 Å². The Morgan fingerprint density at radius 3 is 2.35 bits per heavy atom. The number of carbonyl (C=O) groups excluding carboxylic acids is 1. The molecule has 162 valence electrons. The Hall–Kier alpha value is -3.47. The molecule has 0 radical (unpaired) electrons. The van der Waals surface area contributed by atoms with E-state index in [4.69, 9.17) is 9.47 Å². The third kappa shape index (κ3) is 8.05. The number of hydrogen-bond donors (Lipinski definition) is 2. The second-order valence-electron chi connectivity index (χ2n) is 7.24. The topological polar surface area (TPSA) is 59.6 Å². The van der Waals surface area contributed by atoms with Gasteiger partial charge in [0, 0.05) is 23.9 Å². The van der Waals surface area contributed by atoms with Crippen LogP contribution in [-0.4, -0.2) is 25.7 Å².